The number of hydrogen-bond acceptors (Lipinski definition) is 10. The molecule has 8 aliphatic carbocycles. The molecule has 8 aliphatic rings. The molecule has 0 aliphatic heterocycles. The molecule has 10 heteroatoms. The maximum Gasteiger partial charge on any atom is 0.338 e. The van der Waals surface area contributed by atoms with Gasteiger partial charge in [0.25, 0.3) is 12.9 Å². The van der Waals surface area contributed by atoms with Gasteiger partial charge in [-0.2, -0.15) is 0 Å². The highest BCUT2D eigenvalue weighted by Crippen LogP contribution is 2.70. The fourth-order valence-electron chi connectivity index (χ4n) is 18.9. The molecule has 0 saturated heterocycles. The van der Waals surface area contributed by atoms with Gasteiger partial charge < -0.3 is 29.2 Å². The lowest BCUT2D eigenvalue weighted by molar-refractivity contribution is -0.190. The van der Waals surface area contributed by atoms with E-state index in [4.69, 9.17) is 18.9 Å². The molecule has 10 rings (SSSR count). The summed E-state index contributed by atoms with van der Waals surface area (Å²) in [5, 5.41) is 21.7. The molecule has 73 heavy (non-hydrogen) atoms. The van der Waals surface area contributed by atoms with Gasteiger partial charge in [0.2, 0.25) is 0 Å². The first kappa shape index (κ1) is 57.0. The van der Waals surface area contributed by atoms with E-state index in [-0.39, 0.29) is 72.9 Å². The SMILES string of the molecule is C.C.C[C@H](CCOC(=O)c1ccccc1)[C@H]1CCC2C3C(CC[C@@]21C)[C@@]1(C)CC[C@@H](OC=O)CC1C[C@H]3OC=O.C[C@H](COC(=O)c1ccccc1)[C@H]1CCC2C3C(CC[C@@]21C)[C@@]1(C)CC[C@@H](O)CC1C[C@H]3O. The number of carbonyl (C=O) groups is 4. The van der Waals surface area contributed by atoms with Crippen LogP contribution in [0.4, 0.5) is 0 Å². The minimum absolute atomic E-state index is 0. The van der Waals surface area contributed by atoms with Crippen LogP contribution in [0.15, 0.2) is 60.7 Å². The Morgan fingerprint density at radius 1 is 0.575 bits per heavy atom. The van der Waals surface area contributed by atoms with Crippen molar-refractivity contribution in [1.29, 1.82) is 0 Å². The summed E-state index contributed by atoms with van der Waals surface area (Å²) < 4.78 is 22.6. The molecule has 0 aromatic heterocycles. The van der Waals surface area contributed by atoms with E-state index in [1.165, 1.54) is 44.9 Å². The van der Waals surface area contributed by atoms with Crippen molar-refractivity contribution >= 4 is 24.9 Å². The van der Waals surface area contributed by atoms with Crippen LogP contribution in [-0.4, -0.2) is 72.7 Å². The Bertz CT molecular complexity index is 2150. The van der Waals surface area contributed by atoms with Crippen LogP contribution in [0.5, 0.6) is 0 Å². The zero-order valence-electron chi connectivity index (χ0n) is 43.8. The maximum absolute atomic E-state index is 12.5. The van der Waals surface area contributed by atoms with E-state index < -0.39 is 0 Å². The smallest absolute Gasteiger partial charge is 0.338 e. The van der Waals surface area contributed by atoms with Gasteiger partial charge in [-0.25, -0.2) is 9.59 Å². The van der Waals surface area contributed by atoms with E-state index in [2.05, 4.69) is 41.5 Å². The third-order valence-corrected chi connectivity index (χ3v) is 22.6. The minimum Gasteiger partial charge on any atom is -0.465 e. The summed E-state index contributed by atoms with van der Waals surface area (Å²) in [5.41, 5.74) is 2.09. The van der Waals surface area contributed by atoms with Crippen LogP contribution in [-0.2, 0) is 28.5 Å². The second-order valence-electron chi connectivity index (χ2n) is 25.5. The zero-order chi connectivity index (χ0) is 50.3. The van der Waals surface area contributed by atoms with E-state index in [1.54, 1.807) is 12.1 Å². The van der Waals surface area contributed by atoms with Crippen molar-refractivity contribution < 1.29 is 48.3 Å². The van der Waals surface area contributed by atoms with Crippen LogP contribution in [0.3, 0.4) is 0 Å². The predicted octanol–water partition coefficient (Wildman–Crippen LogP) is 13.0. The van der Waals surface area contributed by atoms with Crippen molar-refractivity contribution in [3.05, 3.63) is 71.8 Å². The molecular formula is C63H94O10. The van der Waals surface area contributed by atoms with Gasteiger partial charge in [0.05, 0.1) is 36.5 Å². The highest BCUT2D eigenvalue weighted by molar-refractivity contribution is 5.89. The Morgan fingerprint density at radius 3 is 1.66 bits per heavy atom. The summed E-state index contributed by atoms with van der Waals surface area (Å²) in [6, 6.07) is 18.5. The van der Waals surface area contributed by atoms with Crippen molar-refractivity contribution in [2.24, 2.45) is 92.7 Å². The van der Waals surface area contributed by atoms with Gasteiger partial charge in [-0.05, 0) is 220 Å². The quantitative estimate of drug-likeness (QED) is 0.113. The van der Waals surface area contributed by atoms with Gasteiger partial charge >= 0.3 is 11.9 Å². The number of benzene rings is 2. The number of aliphatic hydroxyl groups is 2. The number of carbonyl (C=O) groups excluding carboxylic acids is 4. The van der Waals surface area contributed by atoms with E-state index in [0.717, 1.165) is 64.2 Å². The summed E-state index contributed by atoms with van der Waals surface area (Å²) in [4.78, 5) is 47.5. The lowest BCUT2D eigenvalue weighted by Gasteiger charge is -2.62. The number of aliphatic hydroxyl groups excluding tert-OH is 2. The van der Waals surface area contributed by atoms with E-state index in [1.807, 2.05) is 48.5 Å². The van der Waals surface area contributed by atoms with Crippen molar-refractivity contribution in [2.45, 2.75) is 190 Å². The van der Waals surface area contributed by atoms with Gasteiger partial charge in [0.1, 0.15) is 12.2 Å². The highest BCUT2D eigenvalue weighted by Gasteiger charge is 2.65. The fourth-order valence-corrected chi connectivity index (χ4v) is 18.9. The lowest BCUT2D eigenvalue weighted by Crippen LogP contribution is -2.59. The number of ether oxygens (including phenoxy) is 4. The molecule has 406 valence electrons. The summed E-state index contributed by atoms with van der Waals surface area (Å²) >= 11 is 0. The maximum atomic E-state index is 12.5. The Labute approximate surface area is 439 Å². The molecule has 8 fully saturated rings. The molecule has 8 saturated carbocycles. The molecule has 0 radical (unpaired) electrons. The monoisotopic (exact) mass is 1010 g/mol. The van der Waals surface area contributed by atoms with Crippen molar-refractivity contribution in [1.82, 2.24) is 0 Å². The predicted molar refractivity (Wildman–Crippen MR) is 285 cm³/mol. The molecule has 10 nitrogen and oxygen atoms in total. The van der Waals surface area contributed by atoms with E-state index in [9.17, 15) is 29.4 Å². The van der Waals surface area contributed by atoms with Crippen molar-refractivity contribution in [2.75, 3.05) is 13.2 Å². The molecule has 2 aromatic rings. The number of esters is 2. The van der Waals surface area contributed by atoms with Crippen molar-refractivity contribution in [3.63, 3.8) is 0 Å². The van der Waals surface area contributed by atoms with E-state index in [0.29, 0.717) is 108 Å². The van der Waals surface area contributed by atoms with Crippen LogP contribution in [0.1, 0.15) is 186 Å². The number of hydrogen-bond donors (Lipinski definition) is 2. The number of fused-ring (bicyclic) bond motifs is 10. The average molecular weight is 1010 g/mol. The first-order valence-corrected chi connectivity index (χ1v) is 28.0. The highest BCUT2D eigenvalue weighted by atomic mass is 16.5. The first-order valence-electron chi connectivity index (χ1n) is 28.0. The lowest BCUT2D eigenvalue weighted by atomic mass is 9.43. The molecule has 0 bridgehead atoms. The summed E-state index contributed by atoms with van der Waals surface area (Å²) in [6.45, 7) is 16.6. The Morgan fingerprint density at radius 2 is 1.07 bits per heavy atom. The molecule has 20 atom stereocenters. The van der Waals surface area contributed by atoms with Crippen LogP contribution >= 0.6 is 0 Å². The molecular weight excluding hydrogens is 917 g/mol. The summed E-state index contributed by atoms with van der Waals surface area (Å²) in [7, 11) is 0. The Hall–Kier alpha value is -3.76. The molecule has 2 N–H and O–H groups in total. The van der Waals surface area contributed by atoms with Gasteiger partial charge in [0, 0.05) is 5.92 Å². The van der Waals surface area contributed by atoms with Crippen LogP contribution in [0, 0.1) is 92.7 Å². The molecule has 8 unspecified atom stereocenters. The Kier molecular flexibility index (Phi) is 18.1. The fraction of sp³-hybridized carbons (Fsp3) is 0.746. The van der Waals surface area contributed by atoms with Crippen LogP contribution in [0.2, 0.25) is 0 Å². The van der Waals surface area contributed by atoms with Gasteiger partial charge in [-0.15, -0.1) is 0 Å². The molecule has 0 spiro atoms. The van der Waals surface area contributed by atoms with Gasteiger partial charge in [-0.1, -0.05) is 92.8 Å². The second-order valence-corrected chi connectivity index (χ2v) is 25.5. The molecule has 0 amide bonds. The van der Waals surface area contributed by atoms with Crippen LogP contribution in [0.25, 0.3) is 0 Å². The second kappa shape index (κ2) is 23.2. The molecule has 0 heterocycles. The largest absolute Gasteiger partial charge is 0.465 e. The summed E-state index contributed by atoms with van der Waals surface area (Å²) in [5.74, 6) is 5.21. The van der Waals surface area contributed by atoms with Crippen molar-refractivity contribution in [3.8, 4) is 0 Å². The number of rotatable bonds is 13. The standard InChI is InChI=1S/C32H44O6.C29H42O4.2CH4/c1-21(13-16-36-30(35)22-7-5-4-6-8-22)25-9-10-26-29-27(12-15-32(25,26)3)31(2)14-11-24(37-19-33)17-23(31)18-28(29)38-20-34;1-18(17-33-27(32)19-7-5-4-6-8-19)22-9-10-23-26-24(12-14-29(22,23)3)28(2)13-11-21(30)15-20(28)16-25(26)31;;/h4-8,19-21,23-29H,9-18H2,1-3H3;4-8,18,20-26,30-31H,9-17H2,1-3H3;2*1H4/t21-,23?,24-,25-,26?,27?,28-,29?,31+,32-;18-,20?,21-,22-,23?,24?,25-,26?,28+,29-;;/m11../s1. The van der Waals surface area contributed by atoms with Gasteiger partial charge in [-0.3, -0.25) is 9.59 Å². The van der Waals surface area contributed by atoms with E-state index >= 15 is 0 Å². The Balaban J connectivity index is 0.000000210. The topological polar surface area (TPSA) is 146 Å². The normalized spacial score (nSPS) is 41.6. The molecule has 2 aromatic carbocycles. The summed E-state index contributed by atoms with van der Waals surface area (Å²) in [6.07, 6.45) is 17.3. The third-order valence-electron chi connectivity index (χ3n) is 22.6. The van der Waals surface area contributed by atoms with Crippen LogP contribution < -0.4 is 0 Å². The zero-order valence-corrected chi connectivity index (χ0v) is 43.8. The third kappa shape index (κ3) is 10.7. The van der Waals surface area contributed by atoms with Gasteiger partial charge in [0.15, 0.2) is 0 Å². The average Bonchev–Trinajstić information content (AvgIpc) is 3.91. The minimum atomic E-state index is -0.249. The first-order chi connectivity index (χ1) is 34.0.